The average molecular weight is 359 g/mol. The third-order valence-electron chi connectivity index (χ3n) is 2.07. The molecule has 0 amide bonds. The van der Waals surface area contributed by atoms with Gasteiger partial charge < -0.3 is 5.73 Å². The van der Waals surface area contributed by atoms with E-state index in [0.717, 1.165) is 18.2 Å². The summed E-state index contributed by atoms with van der Waals surface area (Å²) in [7, 11) is 0. The van der Waals surface area contributed by atoms with Crippen LogP contribution in [0, 0.1) is 5.82 Å². The largest absolute Gasteiger partial charge is 0.455 e. The molecule has 0 aromatic heterocycles. The molecular formula is C9H7BrClF6N. The lowest BCUT2D eigenvalue weighted by Crippen LogP contribution is -2.46. The Morgan fingerprint density at radius 3 is 2.00 bits per heavy atom. The highest BCUT2D eigenvalue weighted by atomic mass is 79.9. The van der Waals surface area contributed by atoms with Crippen LogP contribution in [0.2, 0.25) is 0 Å². The van der Waals surface area contributed by atoms with E-state index < -0.39 is 29.5 Å². The van der Waals surface area contributed by atoms with Crippen molar-refractivity contribution in [1.82, 2.24) is 0 Å². The minimum atomic E-state index is -5.83. The van der Waals surface area contributed by atoms with Crippen molar-refractivity contribution in [3.8, 4) is 0 Å². The van der Waals surface area contributed by atoms with Crippen molar-refractivity contribution in [1.29, 1.82) is 0 Å². The number of hydrogen-bond acceptors (Lipinski definition) is 1. The Balaban J connectivity index is 0.00000289. The molecule has 0 heterocycles. The first-order chi connectivity index (χ1) is 7.57. The normalized spacial score (nSPS) is 14.0. The molecule has 1 rings (SSSR count). The summed E-state index contributed by atoms with van der Waals surface area (Å²) < 4.78 is 75.2. The highest BCUT2D eigenvalue weighted by Gasteiger charge is 2.62. The predicted molar refractivity (Wildman–Crippen MR) is 59.3 cm³/mol. The number of alkyl halides is 5. The highest BCUT2D eigenvalue weighted by molar-refractivity contribution is 9.10. The Morgan fingerprint density at radius 1 is 1.11 bits per heavy atom. The molecule has 0 radical (unpaired) electrons. The van der Waals surface area contributed by atoms with Crippen LogP contribution < -0.4 is 5.73 Å². The van der Waals surface area contributed by atoms with Crippen LogP contribution in [0.25, 0.3) is 0 Å². The monoisotopic (exact) mass is 357 g/mol. The van der Waals surface area contributed by atoms with Gasteiger partial charge in [-0.05, 0) is 12.1 Å². The zero-order valence-electron chi connectivity index (χ0n) is 8.44. The molecule has 0 unspecified atom stereocenters. The molecule has 1 aromatic carbocycles. The molecule has 0 aliphatic heterocycles. The maximum Gasteiger partial charge on any atom is 0.455 e. The first kappa shape index (κ1) is 17.5. The molecule has 9 heteroatoms. The molecular weight excluding hydrogens is 351 g/mol. The van der Waals surface area contributed by atoms with E-state index in [0.29, 0.717) is 0 Å². The molecule has 0 aliphatic rings. The summed E-state index contributed by atoms with van der Waals surface area (Å²) in [4.78, 5) is 0. The number of nitrogens with two attached hydrogens (primary N) is 1. The van der Waals surface area contributed by atoms with Crippen molar-refractivity contribution in [2.75, 3.05) is 0 Å². The van der Waals surface area contributed by atoms with E-state index in [1.165, 1.54) is 0 Å². The molecule has 0 saturated carbocycles. The number of halogens is 8. The summed E-state index contributed by atoms with van der Waals surface area (Å²) in [5.74, 6) is -6.42. The van der Waals surface area contributed by atoms with Gasteiger partial charge in [0.05, 0.1) is 0 Å². The van der Waals surface area contributed by atoms with Crippen LogP contribution in [0.5, 0.6) is 0 Å². The molecule has 0 bridgehead atoms. The van der Waals surface area contributed by atoms with E-state index in [1.54, 1.807) is 0 Å². The number of benzene rings is 1. The molecule has 1 atom stereocenters. The van der Waals surface area contributed by atoms with Gasteiger partial charge in [-0.3, -0.25) is 0 Å². The van der Waals surface area contributed by atoms with Crippen LogP contribution in [-0.2, 0) is 0 Å². The van der Waals surface area contributed by atoms with Crippen LogP contribution in [0.1, 0.15) is 11.6 Å². The predicted octanol–water partition coefficient (Wildman–Crippen LogP) is 4.21. The average Bonchev–Trinajstić information content (AvgIpc) is 2.14. The van der Waals surface area contributed by atoms with Crippen LogP contribution in [-0.4, -0.2) is 12.1 Å². The summed E-state index contributed by atoms with van der Waals surface area (Å²) in [5.41, 5.74) is 3.89. The minimum Gasteiger partial charge on any atom is -0.319 e. The third kappa shape index (κ3) is 3.30. The maximum atomic E-state index is 13.2. The van der Waals surface area contributed by atoms with Gasteiger partial charge in [0.25, 0.3) is 0 Å². The van der Waals surface area contributed by atoms with Crippen molar-refractivity contribution >= 4 is 28.3 Å². The summed E-state index contributed by atoms with van der Waals surface area (Å²) in [5, 5.41) is 0. The highest BCUT2D eigenvalue weighted by Crippen LogP contribution is 2.43. The smallest absolute Gasteiger partial charge is 0.319 e. The van der Waals surface area contributed by atoms with Crippen molar-refractivity contribution < 1.29 is 26.3 Å². The molecule has 0 spiro atoms. The van der Waals surface area contributed by atoms with Crippen LogP contribution >= 0.6 is 28.3 Å². The fourth-order valence-corrected chi connectivity index (χ4v) is 1.46. The number of rotatable bonds is 2. The SMILES string of the molecule is Cl.N[C@@H](c1ccc(Br)cc1F)C(F)(F)C(F)(F)F. The quantitative estimate of drug-likeness (QED) is 0.788. The van der Waals surface area contributed by atoms with Crippen LogP contribution in [0.4, 0.5) is 26.3 Å². The van der Waals surface area contributed by atoms with Gasteiger partial charge in [-0.15, -0.1) is 12.4 Å². The summed E-state index contributed by atoms with van der Waals surface area (Å²) in [6.45, 7) is 0. The summed E-state index contributed by atoms with van der Waals surface area (Å²) in [6, 6.07) is -0.105. The zero-order valence-corrected chi connectivity index (χ0v) is 10.8. The molecule has 0 saturated heterocycles. The second-order valence-corrected chi connectivity index (χ2v) is 4.18. The number of hydrogen-bond donors (Lipinski definition) is 1. The van der Waals surface area contributed by atoms with E-state index >= 15 is 0 Å². The summed E-state index contributed by atoms with van der Waals surface area (Å²) in [6.07, 6.45) is -5.83. The lowest BCUT2D eigenvalue weighted by molar-refractivity contribution is -0.291. The standard InChI is InChI=1S/C9H6BrF6N.ClH/c10-4-1-2-5(6(11)3-4)7(17)8(12,13)9(14,15)16;/h1-3,7H,17H2;1H/t7-;/m0./s1. The Labute approximate surface area is 113 Å². The lowest BCUT2D eigenvalue weighted by Gasteiger charge is -2.26. The summed E-state index contributed by atoms with van der Waals surface area (Å²) >= 11 is 2.84. The van der Waals surface area contributed by atoms with Gasteiger partial charge >= 0.3 is 12.1 Å². The lowest BCUT2D eigenvalue weighted by atomic mass is 10.0. The van der Waals surface area contributed by atoms with Crippen molar-refractivity contribution in [3.63, 3.8) is 0 Å². The molecule has 0 fully saturated rings. The van der Waals surface area contributed by atoms with E-state index in [1.807, 2.05) is 0 Å². The van der Waals surface area contributed by atoms with Gasteiger partial charge in [-0.2, -0.15) is 22.0 Å². The Hall–Kier alpha value is -0.470. The van der Waals surface area contributed by atoms with Crippen LogP contribution in [0.15, 0.2) is 22.7 Å². The second-order valence-electron chi connectivity index (χ2n) is 3.26. The van der Waals surface area contributed by atoms with Gasteiger partial charge in [0.1, 0.15) is 11.9 Å². The fourth-order valence-electron chi connectivity index (χ4n) is 1.13. The van der Waals surface area contributed by atoms with Crippen molar-refractivity contribution in [3.05, 3.63) is 34.1 Å². The molecule has 1 nitrogen and oxygen atoms in total. The van der Waals surface area contributed by atoms with Crippen molar-refractivity contribution in [2.45, 2.75) is 18.1 Å². The van der Waals surface area contributed by atoms with E-state index in [4.69, 9.17) is 5.73 Å². The van der Waals surface area contributed by atoms with Gasteiger partial charge in [0.2, 0.25) is 0 Å². The molecule has 104 valence electrons. The molecule has 18 heavy (non-hydrogen) atoms. The van der Waals surface area contributed by atoms with E-state index in [2.05, 4.69) is 15.9 Å². The van der Waals surface area contributed by atoms with Crippen molar-refractivity contribution in [2.24, 2.45) is 5.73 Å². The minimum absolute atomic E-state index is 0. The van der Waals surface area contributed by atoms with E-state index in [9.17, 15) is 26.3 Å². The van der Waals surface area contributed by atoms with E-state index in [-0.39, 0.29) is 16.9 Å². The van der Waals surface area contributed by atoms with Crippen LogP contribution in [0.3, 0.4) is 0 Å². The Bertz CT molecular complexity index is 422. The molecule has 2 N–H and O–H groups in total. The van der Waals surface area contributed by atoms with Gasteiger partial charge in [0, 0.05) is 10.0 Å². The first-order valence-electron chi connectivity index (χ1n) is 4.22. The van der Waals surface area contributed by atoms with Gasteiger partial charge in [0.15, 0.2) is 0 Å². The first-order valence-corrected chi connectivity index (χ1v) is 5.01. The zero-order chi connectivity index (χ0) is 13.4. The topological polar surface area (TPSA) is 26.0 Å². The van der Waals surface area contributed by atoms with Gasteiger partial charge in [-0.25, -0.2) is 4.39 Å². The second kappa shape index (κ2) is 5.66. The Kier molecular flexibility index (Phi) is 5.52. The maximum absolute atomic E-state index is 13.2. The fraction of sp³-hybridized carbons (Fsp3) is 0.333. The third-order valence-corrected chi connectivity index (χ3v) is 2.56. The Morgan fingerprint density at radius 2 is 1.61 bits per heavy atom. The molecule has 1 aromatic rings. The molecule has 0 aliphatic carbocycles. The van der Waals surface area contributed by atoms with Gasteiger partial charge in [-0.1, -0.05) is 22.0 Å².